The summed E-state index contributed by atoms with van der Waals surface area (Å²) in [7, 11) is -1.88. The molecule has 0 aliphatic rings. The fourth-order valence-corrected chi connectivity index (χ4v) is 4.33. The van der Waals surface area contributed by atoms with Crippen molar-refractivity contribution in [2.24, 2.45) is 0 Å². The number of hydrogen-bond donors (Lipinski definition) is 1. The lowest BCUT2D eigenvalue weighted by Gasteiger charge is -2.32. The first kappa shape index (κ1) is 16.2. The van der Waals surface area contributed by atoms with E-state index in [9.17, 15) is 8.42 Å². The van der Waals surface area contributed by atoms with Crippen molar-refractivity contribution in [2.75, 3.05) is 13.7 Å². The fourth-order valence-electron chi connectivity index (χ4n) is 2.21. The molecule has 0 amide bonds. The third-order valence-electron chi connectivity index (χ3n) is 3.57. The highest BCUT2D eigenvalue weighted by atomic mass is 32.2. The van der Waals surface area contributed by atoms with Crippen LogP contribution >= 0.6 is 11.3 Å². The quantitative estimate of drug-likeness (QED) is 0.851. The molecule has 0 saturated heterocycles. The second kappa shape index (κ2) is 6.70. The monoisotopic (exact) mass is 325 g/mol. The summed E-state index contributed by atoms with van der Waals surface area (Å²) < 4.78 is 33.1. The van der Waals surface area contributed by atoms with Crippen molar-refractivity contribution in [1.82, 2.24) is 4.72 Å². The van der Waals surface area contributed by atoms with E-state index in [1.54, 1.807) is 24.6 Å². The third kappa shape index (κ3) is 3.52. The average Bonchev–Trinajstić information content (AvgIpc) is 3.05. The first-order valence-electron chi connectivity index (χ1n) is 6.68. The highest BCUT2D eigenvalue weighted by Crippen LogP contribution is 2.29. The predicted molar refractivity (Wildman–Crippen MR) is 84.9 cm³/mol. The Labute approximate surface area is 129 Å². The van der Waals surface area contributed by atoms with Gasteiger partial charge in [0.2, 0.25) is 10.0 Å². The maximum Gasteiger partial charge on any atom is 0.250 e. The van der Waals surface area contributed by atoms with Crippen LogP contribution in [-0.4, -0.2) is 22.1 Å². The minimum absolute atomic E-state index is 0.199. The SMILES string of the molecule is CC[C@@](CNS(=O)(=O)c1cccs1)(OC)c1ccccc1. The summed E-state index contributed by atoms with van der Waals surface area (Å²) in [5, 5.41) is 1.75. The predicted octanol–water partition coefficient (Wildman–Crippen LogP) is 2.98. The van der Waals surface area contributed by atoms with Crippen LogP contribution in [-0.2, 0) is 20.4 Å². The van der Waals surface area contributed by atoms with E-state index in [0.717, 1.165) is 5.56 Å². The first-order valence-corrected chi connectivity index (χ1v) is 9.04. The lowest BCUT2D eigenvalue weighted by Crippen LogP contribution is -2.41. The van der Waals surface area contributed by atoms with Crippen molar-refractivity contribution in [2.45, 2.75) is 23.2 Å². The van der Waals surface area contributed by atoms with Crippen molar-refractivity contribution < 1.29 is 13.2 Å². The van der Waals surface area contributed by atoms with Gasteiger partial charge >= 0.3 is 0 Å². The summed E-state index contributed by atoms with van der Waals surface area (Å²) in [5.41, 5.74) is 0.301. The zero-order valence-corrected chi connectivity index (χ0v) is 13.7. The van der Waals surface area contributed by atoms with Gasteiger partial charge in [-0.3, -0.25) is 0 Å². The van der Waals surface area contributed by atoms with Gasteiger partial charge in [0.15, 0.2) is 0 Å². The molecule has 4 nitrogen and oxygen atoms in total. The molecule has 2 aromatic rings. The molecule has 1 N–H and O–H groups in total. The Bertz CT molecular complexity index is 647. The second-order valence-corrected chi connectivity index (χ2v) is 7.62. The van der Waals surface area contributed by atoms with Gasteiger partial charge in [-0.05, 0) is 23.4 Å². The van der Waals surface area contributed by atoms with E-state index >= 15 is 0 Å². The topological polar surface area (TPSA) is 55.4 Å². The number of ether oxygens (including phenoxy) is 1. The van der Waals surface area contributed by atoms with E-state index in [-0.39, 0.29) is 6.54 Å². The number of rotatable bonds is 7. The van der Waals surface area contributed by atoms with Gasteiger partial charge in [0.25, 0.3) is 0 Å². The number of methoxy groups -OCH3 is 1. The molecule has 0 unspecified atom stereocenters. The number of nitrogens with one attached hydrogen (secondary N) is 1. The molecule has 1 aromatic heterocycles. The van der Waals surface area contributed by atoms with Crippen LogP contribution in [0.2, 0.25) is 0 Å². The van der Waals surface area contributed by atoms with Crippen molar-refractivity contribution in [3.8, 4) is 0 Å². The molecule has 2 rings (SSSR count). The summed E-state index contributed by atoms with van der Waals surface area (Å²) in [5.74, 6) is 0. The Morgan fingerprint density at radius 3 is 2.43 bits per heavy atom. The summed E-state index contributed by atoms with van der Waals surface area (Å²) in [6.07, 6.45) is 0.667. The number of thiophene rings is 1. The van der Waals surface area contributed by atoms with Crippen LogP contribution in [0.1, 0.15) is 18.9 Å². The lowest BCUT2D eigenvalue weighted by molar-refractivity contribution is -0.0133. The van der Waals surface area contributed by atoms with Gasteiger partial charge in [0, 0.05) is 13.7 Å². The Morgan fingerprint density at radius 2 is 1.90 bits per heavy atom. The van der Waals surface area contributed by atoms with Gasteiger partial charge in [-0.25, -0.2) is 13.1 Å². The van der Waals surface area contributed by atoms with Gasteiger partial charge in [-0.15, -0.1) is 11.3 Å². The highest BCUT2D eigenvalue weighted by Gasteiger charge is 2.32. The number of benzene rings is 1. The molecule has 114 valence electrons. The van der Waals surface area contributed by atoms with E-state index in [1.165, 1.54) is 11.3 Å². The lowest BCUT2D eigenvalue weighted by atomic mass is 9.91. The van der Waals surface area contributed by atoms with Crippen LogP contribution in [0.5, 0.6) is 0 Å². The van der Waals surface area contributed by atoms with Gasteiger partial charge in [-0.2, -0.15) is 0 Å². The zero-order chi connectivity index (χ0) is 15.3. The van der Waals surface area contributed by atoms with Crippen molar-refractivity contribution in [3.05, 3.63) is 53.4 Å². The molecule has 6 heteroatoms. The van der Waals surface area contributed by atoms with Gasteiger partial charge in [-0.1, -0.05) is 43.3 Å². The first-order chi connectivity index (χ1) is 10.0. The van der Waals surface area contributed by atoms with Gasteiger partial charge in [0.05, 0.1) is 0 Å². The fraction of sp³-hybridized carbons (Fsp3) is 0.333. The van der Waals surface area contributed by atoms with Crippen LogP contribution in [0.15, 0.2) is 52.1 Å². The molecule has 21 heavy (non-hydrogen) atoms. The van der Waals surface area contributed by atoms with E-state index in [4.69, 9.17) is 4.74 Å². The molecular formula is C15H19NO3S2. The Balaban J connectivity index is 2.22. The maximum atomic E-state index is 12.2. The summed E-state index contributed by atoms with van der Waals surface area (Å²) in [6, 6.07) is 13.0. The molecule has 0 bridgehead atoms. The van der Waals surface area contributed by atoms with Crippen LogP contribution in [0.25, 0.3) is 0 Å². The largest absolute Gasteiger partial charge is 0.372 e. The molecule has 0 saturated carbocycles. The Kier molecular flexibility index (Phi) is 5.16. The molecular weight excluding hydrogens is 306 g/mol. The standard InChI is InChI=1S/C15H19NO3S2/c1-3-15(19-2,13-8-5-4-6-9-13)12-16-21(17,18)14-10-7-11-20-14/h4-11,16H,3,12H2,1-2H3/t15-/m0/s1. The molecule has 0 aliphatic carbocycles. The van der Waals surface area contributed by atoms with E-state index in [2.05, 4.69) is 4.72 Å². The van der Waals surface area contributed by atoms with Crippen molar-refractivity contribution in [3.63, 3.8) is 0 Å². The molecule has 0 aliphatic heterocycles. The minimum Gasteiger partial charge on any atom is -0.372 e. The molecule has 1 heterocycles. The Morgan fingerprint density at radius 1 is 1.19 bits per heavy atom. The van der Waals surface area contributed by atoms with Crippen molar-refractivity contribution >= 4 is 21.4 Å². The number of hydrogen-bond acceptors (Lipinski definition) is 4. The third-order valence-corrected chi connectivity index (χ3v) is 6.37. The van der Waals surface area contributed by atoms with Gasteiger partial charge in [0.1, 0.15) is 9.81 Å². The molecule has 1 atom stereocenters. The molecule has 0 radical (unpaired) electrons. The van der Waals surface area contributed by atoms with Gasteiger partial charge < -0.3 is 4.74 Å². The summed E-state index contributed by atoms with van der Waals surface area (Å²) >= 11 is 1.20. The smallest absolute Gasteiger partial charge is 0.250 e. The number of sulfonamides is 1. The van der Waals surface area contributed by atoms with Crippen LogP contribution in [0, 0.1) is 0 Å². The van der Waals surface area contributed by atoms with E-state index in [1.807, 2.05) is 37.3 Å². The second-order valence-electron chi connectivity index (χ2n) is 4.67. The molecule has 1 aromatic carbocycles. The summed E-state index contributed by atoms with van der Waals surface area (Å²) in [6.45, 7) is 2.18. The molecule has 0 spiro atoms. The van der Waals surface area contributed by atoms with E-state index in [0.29, 0.717) is 10.6 Å². The average molecular weight is 325 g/mol. The highest BCUT2D eigenvalue weighted by molar-refractivity contribution is 7.91. The molecule has 0 fully saturated rings. The van der Waals surface area contributed by atoms with Crippen LogP contribution < -0.4 is 4.72 Å². The zero-order valence-electron chi connectivity index (χ0n) is 12.1. The van der Waals surface area contributed by atoms with Crippen LogP contribution in [0.4, 0.5) is 0 Å². The summed E-state index contributed by atoms with van der Waals surface area (Å²) in [4.78, 5) is 0. The normalized spacial score (nSPS) is 14.8. The minimum atomic E-state index is -3.49. The van der Waals surface area contributed by atoms with Crippen LogP contribution in [0.3, 0.4) is 0 Å². The Hall–Kier alpha value is -1.21. The maximum absolute atomic E-state index is 12.2. The van der Waals surface area contributed by atoms with Crippen molar-refractivity contribution in [1.29, 1.82) is 0 Å². The van der Waals surface area contributed by atoms with E-state index < -0.39 is 15.6 Å².